The van der Waals surface area contributed by atoms with Gasteiger partial charge in [0.1, 0.15) is 0 Å². The molecule has 1 atom stereocenters. The van der Waals surface area contributed by atoms with Crippen LogP contribution in [-0.2, 0) is 0 Å². The summed E-state index contributed by atoms with van der Waals surface area (Å²) in [4.78, 5) is 0. The molecule has 0 spiro atoms. The quantitative estimate of drug-likeness (QED) is 0.791. The summed E-state index contributed by atoms with van der Waals surface area (Å²) in [5.74, 6) is 0. The fourth-order valence-corrected chi connectivity index (χ4v) is 2.01. The monoisotopic (exact) mass is 238 g/mol. The maximum atomic E-state index is 11.9. The van der Waals surface area contributed by atoms with Crippen molar-refractivity contribution in [2.45, 2.75) is 57.7 Å². The van der Waals surface area contributed by atoms with Crippen molar-refractivity contribution in [1.29, 1.82) is 0 Å². The maximum Gasteiger partial charge on any atom is 0.389 e. The molecule has 0 radical (unpaired) electrons. The predicted molar refractivity (Wildman–Crippen MR) is 57.9 cm³/mol. The average Bonchev–Trinajstić information content (AvgIpc) is 2.17. The number of hydrogen-bond acceptors (Lipinski definition) is 2. The second-order valence-electron chi connectivity index (χ2n) is 4.59. The number of hydrazine groups is 1. The van der Waals surface area contributed by atoms with Gasteiger partial charge in [0.15, 0.2) is 0 Å². The number of hydrogen-bond donors (Lipinski definition) is 1. The van der Waals surface area contributed by atoms with Crippen molar-refractivity contribution in [3.63, 3.8) is 0 Å². The zero-order valence-corrected chi connectivity index (χ0v) is 9.82. The summed E-state index contributed by atoms with van der Waals surface area (Å²) in [5.41, 5.74) is 3.27. The number of halogens is 3. The van der Waals surface area contributed by atoms with Crippen molar-refractivity contribution < 1.29 is 13.2 Å². The highest BCUT2D eigenvalue weighted by Gasteiger charge is 2.26. The summed E-state index contributed by atoms with van der Waals surface area (Å²) in [7, 11) is 0. The third-order valence-electron chi connectivity index (χ3n) is 2.86. The molecule has 2 nitrogen and oxygen atoms in total. The van der Waals surface area contributed by atoms with E-state index in [1.54, 1.807) is 0 Å². The summed E-state index contributed by atoms with van der Waals surface area (Å²) in [6, 6.07) is 0.139. The smallest absolute Gasteiger partial charge is 0.252 e. The number of nitrogens with zero attached hydrogens (tertiary/aromatic N) is 1. The molecule has 1 unspecified atom stereocenters. The van der Waals surface area contributed by atoms with Gasteiger partial charge < -0.3 is 0 Å². The fraction of sp³-hybridized carbons (Fsp3) is 1.00. The predicted octanol–water partition coefficient (Wildman–Crippen LogP) is 3.10. The molecule has 96 valence electrons. The summed E-state index contributed by atoms with van der Waals surface area (Å²) < 4.78 is 35.8. The van der Waals surface area contributed by atoms with Gasteiger partial charge in [-0.15, -0.1) is 0 Å². The Morgan fingerprint density at radius 2 is 1.81 bits per heavy atom. The Labute approximate surface area is 95.2 Å². The first kappa shape index (κ1) is 13.8. The molecule has 1 N–H and O–H groups in total. The van der Waals surface area contributed by atoms with Crippen LogP contribution in [-0.4, -0.2) is 30.3 Å². The molecule has 5 heteroatoms. The topological polar surface area (TPSA) is 15.3 Å². The standard InChI is InChI=1S/C11H21F3N2/c1-10(6-5-7-11(12,13)14)15-16-8-3-2-4-9-16/h10,15H,2-9H2,1H3. The number of piperidine rings is 1. The van der Waals surface area contributed by atoms with Crippen molar-refractivity contribution in [2.24, 2.45) is 0 Å². The fourth-order valence-electron chi connectivity index (χ4n) is 2.01. The van der Waals surface area contributed by atoms with Crippen LogP contribution in [0, 0.1) is 0 Å². The Morgan fingerprint density at radius 1 is 1.19 bits per heavy atom. The lowest BCUT2D eigenvalue weighted by Gasteiger charge is -2.30. The van der Waals surface area contributed by atoms with E-state index in [1.807, 2.05) is 6.92 Å². The van der Waals surface area contributed by atoms with Crippen LogP contribution in [0.4, 0.5) is 13.2 Å². The lowest BCUT2D eigenvalue weighted by Crippen LogP contribution is -2.46. The molecule has 0 bridgehead atoms. The van der Waals surface area contributed by atoms with Crippen molar-refractivity contribution in [3.05, 3.63) is 0 Å². The van der Waals surface area contributed by atoms with Crippen LogP contribution in [0.1, 0.15) is 45.4 Å². The number of rotatable bonds is 5. The summed E-state index contributed by atoms with van der Waals surface area (Å²) in [6.07, 6.45) is -0.253. The van der Waals surface area contributed by atoms with E-state index in [-0.39, 0.29) is 12.5 Å². The molecule has 1 fully saturated rings. The lowest BCUT2D eigenvalue weighted by molar-refractivity contribution is -0.135. The molecule has 0 aromatic carbocycles. The number of alkyl halides is 3. The van der Waals surface area contributed by atoms with Gasteiger partial charge in [-0.25, -0.2) is 5.01 Å². The average molecular weight is 238 g/mol. The Hall–Kier alpha value is -0.290. The van der Waals surface area contributed by atoms with Crippen LogP contribution in [0.3, 0.4) is 0 Å². The van der Waals surface area contributed by atoms with Crippen molar-refractivity contribution in [3.8, 4) is 0 Å². The van der Waals surface area contributed by atoms with Gasteiger partial charge in [0.2, 0.25) is 0 Å². The van der Waals surface area contributed by atoms with E-state index in [2.05, 4.69) is 10.4 Å². The van der Waals surface area contributed by atoms with Crippen LogP contribution < -0.4 is 5.43 Å². The highest BCUT2D eigenvalue weighted by Crippen LogP contribution is 2.22. The minimum atomic E-state index is -4.01. The highest BCUT2D eigenvalue weighted by molar-refractivity contribution is 4.65. The van der Waals surface area contributed by atoms with E-state index < -0.39 is 12.6 Å². The molecule has 1 heterocycles. The molecule has 1 saturated heterocycles. The van der Waals surface area contributed by atoms with Crippen LogP contribution in [0.5, 0.6) is 0 Å². The van der Waals surface area contributed by atoms with Gasteiger partial charge in [0, 0.05) is 25.6 Å². The molecule has 0 aliphatic carbocycles. The third-order valence-corrected chi connectivity index (χ3v) is 2.86. The van der Waals surface area contributed by atoms with Crippen molar-refractivity contribution >= 4 is 0 Å². The first-order valence-electron chi connectivity index (χ1n) is 6.05. The molecule has 1 aliphatic rings. The maximum absolute atomic E-state index is 11.9. The van der Waals surface area contributed by atoms with Crippen molar-refractivity contribution in [1.82, 2.24) is 10.4 Å². The Morgan fingerprint density at radius 3 is 2.38 bits per heavy atom. The van der Waals surface area contributed by atoms with E-state index >= 15 is 0 Å². The molecule has 0 amide bonds. The van der Waals surface area contributed by atoms with Gasteiger partial charge in [0.05, 0.1) is 0 Å². The Kier molecular flexibility index (Phi) is 5.55. The summed E-state index contributed by atoms with van der Waals surface area (Å²) in [6.45, 7) is 3.98. The SMILES string of the molecule is CC(CCCC(F)(F)F)NN1CCCCC1. The minimum absolute atomic E-state index is 0.139. The van der Waals surface area contributed by atoms with Gasteiger partial charge in [-0.3, -0.25) is 5.43 Å². The summed E-state index contributed by atoms with van der Waals surface area (Å²) >= 11 is 0. The molecule has 1 aliphatic heterocycles. The van der Waals surface area contributed by atoms with Crippen LogP contribution in [0.2, 0.25) is 0 Å². The molecule has 0 saturated carbocycles. The third kappa shape index (κ3) is 6.33. The summed E-state index contributed by atoms with van der Waals surface area (Å²) in [5, 5.41) is 2.14. The van der Waals surface area contributed by atoms with E-state index in [4.69, 9.17) is 0 Å². The van der Waals surface area contributed by atoms with Gasteiger partial charge >= 0.3 is 6.18 Å². The molecule has 0 aromatic rings. The van der Waals surface area contributed by atoms with E-state index in [0.29, 0.717) is 6.42 Å². The van der Waals surface area contributed by atoms with Crippen LogP contribution in [0.15, 0.2) is 0 Å². The normalized spacial score (nSPS) is 21.0. The number of nitrogens with one attached hydrogen (secondary N) is 1. The lowest BCUT2D eigenvalue weighted by atomic mass is 10.1. The van der Waals surface area contributed by atoms with Crippen molar-refractivity contribution in [2.75, 3.05) is 13.1 Å². The van der Waals surface area contributed by atoms with Crippen LogP contribution in [0.25, 0.3) is 0 Å². The minimum Gasteiger partial charge on any atom is -0.252 e. The van der Waals surface area contributed by atoms with Gasteiger partial charge in [0.25, 0.3) is 0 Å². The Balaban J connectivity index is 2.08. The molecule has 0 aromatic heterocycles. The first-order valence-corrected chi connectivity index (χ1v) is 6.05. The van der Waals surface area contributed by atoms with Gasteiger partial charge in [-0.2, -0.15) is 13.2 Å². The molecule has 16 heavy (non-hydrogen) atoms. The first-order chi connectivity index (χ1) is 7.47. The van der Waals surface area contributed by atoms with Gasteiger partial charge in [-0.05, 0) is 32.6 Å². The highest BCUT2D eigenvalue weighted by atomic mass is 19.4. The molecule has 1 rings (SSSR count). The second kappa shape index (κ2) is 6.45. The Bertz CT molecular complexity index is 188. The van der Waals surface area contributed by atoms with E-state index in [9.17, 15) is 13.2 Å². The largest absolute Gasteiger partial charge is 0.389 e. The molecular weight excluding hydrogens is 217 g/mol. The second-order valence-corrected chi connectivity index (χ2v) is 4.59. The zero-order chi connectivity index (χ0) is 12.0. The van der Waals surface area contributed by atoms with E-state index in [0.717, 1.165) is 13.1 Å². The van der Waals surface area contributed by atoms with E-state index in [1.165, 1.54) is 19.3 Å². The zero-order valence-electron chi connectivity index (χ0n) is 9.82. The van der Waals surface area contributed by atoms with Crippen LogP contribution >= 0.6 is 0 Å². The van der Waals surface area contributed by atoms with Gasteiger partial charge in [-0.1, -0.05) is 6.42 Å². The molecular formula is C11H21F3N2.